The Morgan fingerprint density at radius 2 is 1.90 bits per heavy atom. The molecule has 0 bridgehead atoms. The Hall–Kier alpha value is -0.780. The molecule has 0 spiro atoms. The minimum Gasteiger partial charge on any atom is -0.349 e. The molecule has 0 heterocycles. The number of halogens is 2. The van der Waals surface area contributed by atoms with Crippen LogP contribution in [0, 0.1) is 6.92 Å². The van der Waals surface area contributed by atoms with Gasteiger partial charge in [0.15, 0.2) is 0 Å². The summed E-state index contributed by atoms with van der Waals surface area (Å²) < 4.78 is 23.0. The Morgan fingerprint density at radius 1 is 1.30 bits per heavy atom. The van der Waals surface area contributed by atoms with Crippen molar-refractivity contribution in [1.29, 1.82) is 0 Å². The molecule has 0 unspecified atom stereocenters. The lowest BCUT2D eigenvalue weighted by molar-refractivity contribution is 0.0937. The fourth-order valence-corrected chi connectivity index (χ4v) is 3.98. The van der Waals surface area contributed by atoms with Crippen LogP contribution in [0.3, 0.4) is 0 Å². The van der Waals surface area contributed by atoms with Crippen molar-refractivity contribution in [3.63, 3.8) is 0 Å². The highest BCUT2D eigenvalue weighted by atomic mass is 35.7. The van der Waals surface area contributed by atoms with Gasteiger partial charge in [-0.15, -0.1) is 0 Å². The van der Waals surface area contributed by atoms with Crippen LogP contribution in [0.4, 0.5) is 0 Å². The van der Waals surface area contributed by atoms with Gasteiger partial charge in [0.05, 0.1) is 4.90 Å². The lowest BCUT2D eigenvalue weighted by Gasteiger charge is -2.15. The van der Waals surface area contributed by atoms with Crippen LogP contribution in [0.5, 0.6) is 0 Å². The van der Waals surface area contributed by atoms with Crippen molar-refractivity contribution < 1.29 is 13.2 Å². The first-order valence-corrected chi connectivity index (χ1v) is 9.03. The number of hydrogen-bond donors (Lipinski definition) is 1. The van der Waals surface area contributed by atoms with Gasteiger partial charge in [-0.2, -0.15) is 0 Å². The maximum atomic E-state index is 12.2. The predicted molar refractivity (Wildman–Crippen MR) is 79.0 cm³/mol. The second kappa shape index (κ2) is 5.92. The molecule has 0 radical (unpaired) electrons. The maximum Gasteiger partial charge on any atom is 0.261 e. The van der Waals surface area contributed by atoms with Gasteiger partial charge in [0.25, 0.3) is 15.0 Å². The van der Waals surface area contributed by atoms with Crippen molar-refractivity contribution in [2.45, 2.75) is 43.5 Å². The van der Waals surface area contributed by atoms with Crippen molar-refractivity contribution in [2.24, 2.45) is 0 Å². The largest absolute Gasteiger partial charge is 0.349 e. The molecule has 1 amide bonds. The zero-order chi connectivity index (χ0) is 14.9. The van der Waals surface area contributed by atoms with Crippen LogP contribution in [-0.4, -0.2) is 20.4 Å². The van der Waals surface area contributed by atoms with E-state index >= 15 is 0 Å². The van der Waals surface area contributed by atoms with Crippen LogP contribution in [-0.2, 0) is 9.05 Å². The molecule has 1 fully saturated rings. The summed E-state index contributed by atoms with van der Waals surface area (Å²) in [7, 11) is 1.43. The fourth-order valence-electron chi connectivity index (χ4n) is 2.48. The molecule has 1 aromatic rings. The summed E-state index contributed by atoms with van der Waals surface area (Å²) >= 11 is 5.89. The molecule has 110 valence electrons. The Kier molecular flexibility index (Phi) is 4.62. The number of amides is 1. The summed E-state index contributed by atoms with van der Waals surface area (Å²) in [6, 6.07) is 2.87. The van der Waals surface area contributed by atoms with Crippen molar-refractivity contribution in [3.8, 4) is 0 Å². The average Bonchev–Trinajstić information content (AvgIpc) is 2.83. The molecule has 1 N–H and O–H groups in total. The van der Waals surface area contributed by atoms with Crippen molar-refractivity contribution in [1.82, 2.24) is 5.32 Å². The Balaban J connectivity index is 2.36. The number of hydrogen-bond acceptors (Lipinski definition) is 3. The van der Waals surface area contributed by atoms with E-state index in [2.05, 4.69) is 5.32 Å². The van der Waals surface area contributed by atoms with E-state index < -0.39 is 9.05 Å². The Morgan fingerprint density at radius 3 is 2.45 bits per heavy atom. The van der Waals surface area contributed by atoms with Crippen LogP contribution < -0.4 is 5.32 Å². The number of nitrogens with one attached hydrogen (secondary N) is 1. The predicted octanol–water partition coefficient (Wildman–Crippen LogP) is 3.25. The SMILES string of the molecule is Cc1c(C(=O)NC2CCCC2)cc(Cl)cc1S(=O)(=O)Cl. The van der Waals surface area contributed by atoms with Crippen LogP contribution in [0.2, 0.25) is 5.02 Å². The first-order valence-electron chi connectivity index (χ1n) is 6.34. The summed E-state index contributed by atoms with van der Waals surface area (Å²) in [6.45, 7) is 1.55. The summed E-state index contributed by atoms with van der Waals surface area (Å²) in [5.41, 5.74) is 0.573. The van der Waals surface area contributed by atoms with E-state index in [1.807, 2.05) is 0 Å². The second-order valence-electron chi connectivity index (χ2n) is 4.97. The van der Waals surface area contributed by atoms with Gasteiger partial charge in [-0.25, -0.2) is 8.42 Å². The van der Waals surface area contributed by atoms with Crippen LogP contribution >= 0.6 is 22.3 Å². The van der Waals surface area contributed by atoms with Gasteiger partial charge >= 0.3 is 0 Å². The third-order valence-corrected chi connectivity index (χ3v) is 5.19. The van der Waals surface area contributed by atoms with Crippen LogP contribution in [0.15, 0.2) is 17.0 Å². The van der Waals surface area contributed by atoms with Gasteiger partial charge in [0.2, 0.25) is 0 Å². The molecule has 0 atom stereocenters. The zero-order valence-electron chi connectivity index (χ0n) is 10.9. The molecule has 1 aliphatic rings. The molecule has 1 aromatic carbocycles. The fraction of sp³-hybridized carbons (Fsp3) is 0.462. The molecule has 7 heteroatoms. The van der Waals surface area contributed by atoms with Crippen molar-refractivity contribution in [2.75, 3.05) is 0 Å². The smallest absolute Gasteiger partial charge is 0.261 e. The van der Waals surface area contributed by atoms with Gasteiger partial charge in [-0.3, -0.25) is 4.79 Å². The minimum atomic E-state index is -3.93. The second-order valence-corrected chi connectivity index (χ2v) is 7.94. The first kappa shape index (κ1) is 15.6. The maximum absolute atomic E-state index is 12.2. The van der Waals surface area contributed by atoms with Crippen LogP contribution in [0.25, 0.3) is 0 Å². The molecule has 4 nitrogen and oxygen atoms in total. The van der Waals surface area contributed by atoms with E-state index in [9.17, 15) is 13.2 Å². The lowest BCUT2D eigenvalue weighted by Crippen LogP contribution is -2.33. The summed E-state index contributed by atoms with van der Waals surface area (Å²) in [6.07, 6.45) is 4.10. The molecule has 1 aliphatic carbocycles. The summed E-state index contributed by atoms with van der Waals surface area (Å²) in [5, 5.41) is 3.08. The topological polar surface area (TPSA) is 63.2 Å². The number of carbonyl (C=O) groups excluding carboxylic acids is 1. The highest BCUT2D eigenvalue weighted by Gasteiger charge is 2.23. The van der Waals surface area contributed by atoms with Gasteiger partial charge in [-0.05, 0) is 37.5 Å². The highest BCUT2D eigenvalue weighted by Crippen LogP contribution is 2.27. The molecular weight excluding hydrogens is 321 g/mol. The third-order valence-electron chi connectivity index (χ3n) is 3.52. The first-order chi connectivity index (χ1) is 9.29. The van der Waals surface area contributed by atoms with E-state index in [0.29, 0.717) is 5.56 Å². The molecule has 0 aliphatic heterocycles. The van der Waals surface area contributed by atoms with E-state index in [-0.39, 0.29) is 27.4 Å². The molecule has 0 saturated heterocycles. The number of benzene rings is 1. The zero-order valence-corrected chi connectivity index (χ0v) is 13.3. The van der Waals surface area contributed by atoms with E-state index in [1.165, 1.54) is 12.1 Å². The summed E-state index contributed by atoms with van der Waals surface area (Å²) in [5.74, 6) is -0.307. The van der Waals surface area contributed by atoms with Gasteiger partial charge in [0.1, 0.15) is 0 Å². The average molecular weight is 336 g/mol. The Labute approximate surface area is 127 Å². The van der Waals surface area contributed by atoms with Gasteiger partial charge in [-0.1, -0.05) is 24.4 Å². The standard InChI is InChI=1S/C13H15Cl2NO3S/c1-8-11(13(17)16-10-4-2-3-5-10)6-9(14)7-12(8)20(15,18)19/h6-7,10H,2-5H2,1H3,(H,16,17). The van der Waals surface area contributed by atoms with Gasteiger partial charge < -0.3 is 5.32 Å². The lowest BCUT2D eigenvalue weighted by atomic mass is 10.1. The van der Waals surface area contributed by atoms with Crippen LogP contribution in [0.1, 0.15) is 41.6 Å². The summed E-state index contributed by atoms with van der Waals surface area (Å²) in [4.78, 5) is 12.1. The monoisotopic (exact) mass is 335 g/mol. The highest BCUT2D eigenvalue weighted by molar-refractivity contribution is 8.13. The van der Waals surface area contributed by atoms with E-state index in [1.54, 1.807) is 6.92 Å². The van der Waals surface area contributed by atoms with Crippen molar-refractivity contribution in [3.05, 3.63) is 28.3 Å². The quantitative estimate of drug-likeness (QED) is 0.862. The Bertz CT molecular complexity index is 637. The number of rotatable bonds is 3. The van der Waals surface area contributed by atoms with Gasteiger partial charge in [0, 0.05) is 27.3 Å². The molecule has 0 aromatic heterocycles. The number of carbonyl (C=O) groups is 1. The molecular formula is C13H15Cl2NO3S. The molecule has 20 heavy (non-hydrogen) atoms. The normalized spacial score (nSPS) is 16.4. The minimum absolute atomic E-state index is 0.122. The molecule has 1 saturated carbocycles. The van der Waals surface area contributed by atoms with E-state index in [4.69, 9.17) is 22.3 Å². The van der Waals surface area contributed by atoms with Crippen molar-refractivity contribution >= 4 is 37.2 Å². The van der Waals surface area contributed by atoms with E-state index in [0.717, 1.165) is 25.7 Å². The third kappa shape index (κ3) is 3.45. The molecule has 2 rings (SSSR count).